The third-order valence-electron chi connectivity index (χ3n) is 5.39. The van der Waals surface area contributed by atoms with Gasteiger partial charge in [-0.15, -0.1) is 10.2 Å². The molecule has 29 heavy (non-hydrogen) atoms. The predicted octanol–water partition coefficient (Wildman–Crippen LogP) is 2.31. The van der Waals surface area contributed by atoms with Gasteiger partial charge in [-0.3, -0.25) is 14.8 Å². The summed E-state index contributed by atoms with van der Waals surface area (Å²) < 4.78 is 2.24. The number of rotatable bonds is 7. The van der Waals surface area contributed by atoms with Crippen LogP contribution in [0.15, 0.2) is 48.9 Å². The lowest BCUT2D eigenvalue weighted by molar-refractivity contribution is -0.121. The van der Waals surface area contributed by atoms with Crippen LogP contribution in [-0.4, -0.2) is 36.7 Å². The Morgan fingerprint density at radius 2 is 1.97 bits per heavy atom. The molecule has 0 saturated heterocycles. The van der Waals surface area contributed by atoms with Gasteiger partial charge in [-0.1, -0.05) is 30.3 Å². The molecule has 1 amide bonds. The van der Waals surface area contributed by atoms with Crippen molar-refractivity contribution in [2.75, 3.05) is 0 Å². The van der Waals surface area contributed by atoms with Gasteiger partial charge < -0.3 is 9.88 Å². The summed E-state index contributed by atoms with van der Waals surface area (Å²) in [6.45, 7) is 0.849. The molecule has 2 aromatic heterocycles. The maximum atomic E-state index is 12.3. The minimum Gasteiger partial charge on any atom is -0.353 e. The molecule has 0 aliphatic carbocycles. The van der Waals surface area contributed by atoms with Crippen LogP contribution in [0.5, 0.6) is 0 Å². The predicted molar refractivity (Wildman–Crippen MR) is 109 cm³/mol. The molecule has 1 atom stereocenters. The van der Waals surface area contributed by atoms with E-state index in [-0.39, 0.29) is 11.9 Å². The van der Waals surface area contributed by atoms with Gasteiger partial charge in [0.25, 0.3) is 0 Å². The Morgan fingerprint density at radius 1 is 1.07 bits per heavy atom. The van der Waals surface area contributed by atoms with Crippen molar-refractivity contribution in [3.8, 4) is 0 Å². The number of nitrogens with zero attached hydrogens (tertiary/aromatic N) is 5. The molecule has 1 aliphatic heterocycles. The normalized spacial score (nSPS) is 16.1. The number of hydrogen-bond donors (Lipinski definition) is 1. The molecule has 7 nitrogen and oxygen atoms in total. The molecule has 0 saturated carbocycles. The Bertz CT molecular complexity index is 925. The van der Waals surface area contributed by atoms with Gasteiger partial charge >= 0.3 is 0 Å². The van der Waals surface area contributed by atoms with Crippen LogP contribution in [0, 0.1) is 0 Å². The van der Waals surface area contributed by atoms with E-state index in [4.69, 9.17) is 0 Å². The Morgan fingerprint density at radius 3 is 2.79 bits per heavy atom. The lowest BCUT2D eigenvalue weighted by Gasteiger charge is -2.16. The Balaban J connectivity index is 1.28. The molecule has 0 spiro atoms. The van der Waals surface area contributed by atoms with Crippen LogP contribution in [0.2, 0.25) is 0 Å². The number of carbonyl (C=O) groups excluding carboxylic acids is 1. The Hall–Kier alpha value is -3.09. The van der Waals surface area contributed by atoms with E-state index in [1.54, 1.807) is 18.6 Å². The van der Waals surface area contributed by atoms with E-state index in [9.17, 15) is 4.79 Å². The fourth-order valence-corrected chi connectivity index (χ4v) is 3.78. The molecule has 1 N–H and O–H groups in total. The summed E-state index contributed by atoms with van der Waals surface area (Å²) in [5.74, 6) is 2.14. The Labute approximate surface area is 170 Å². The van der Waals surface area contributed by atoms with Crippen LogP contribution in [0.1, 0.15) is 42.2 Å². The van der Waals surface area contributed by atoms with Crippen LogP contribution in [-0.2, 0) is 37.0 Å². The highest BCUT2D eigenvalue weighted by atomic mass is 16.1. The number of nitrogens with one attached hydrogen (secondary N) is 1. The number of aromatic nitrogens is 5. The van der Waals surface area contributed by atoms with Gasteiger partial charge in [-0.25, -0.2) is 0 Å². The van der Waals surface area contributed by atoms with E-state index in [1.165, 1.54) is 5.56 Å². The SMILES string of the molecule is O=C(CCc1cnccn1)NC1CCc2nnc(CCc3ccccc3)n2CC1. The number of hydrogen-bond acceptors (Lipinski definition) is 5. The van der Waals surface area contributed by atoms with Crippen LogP contribution in [0.3, 0.4) is 0 Å². The minimum absolute atomic E-state index is 0.0719. The van der Waals surface area contributed by atoms with E-state index in [2.05, 4.69) is 54.3 Å². The van der Waals surface area contributed by atoms with Gasteiger partial charge in [-0.2, -0.15) is 0 Å². The second-order valence-electron chi connectivity index (χ2n) is 7.46. The zero-order chi connectivity index (χ0) is 19.9. The third-order valence-corrected chi connectivity index (χ3v) is 5.39. The first-order valence-electron chi connectivity index (χ1n) is 10.3. The zero-order valence-corrected chi connectivity index (χ0v) is 16.5. The van der Waals surface area contributed by atoms with Crippen molar-refractivity contribution in [1.29, 1.82) is 0 Å². The van der Waals surface area contributed by atoms with Crippen molar-refractivity contribution in [2.45, 2.75) is 57.5 Å². The fraction of sp³-hybridized carbons (Fsp3) is 0.409. The smallest absolute Gasteiger partial charge is 0.220 e. The van der Waals surface area contributed by atoms with Gasteiger partial charge in [0.05, 0.1) is 5.69 Å². The molecule has 0 bridgehead atoms. The van der Waals surface area contributed by atoms with E-state index < -0.39 is 0 Å². The zero-order valence-electron chi connectivity index (χ0n) is 16.5. The van der Waals surface area contributed by atoms with E-state index >= 15 is 0 Å². The summed E-state index contributed by atoms with van der Waals surface area (Å²) in [5.41, 5.74) is 2.16. The van der Waals surface area contributed by atoms with Crippen LogP contribution < -0.4 is 5.32 Å². The summed E-state index contributed by atoms with van der Waals surface area (Å²) in [7, 11) is 0. The molecular formula is C22H26N6O. The van der Waals surface area contributed by atoms with E-state index in [1.807, 2.05) is 6.07 Å². The molecule has 3 heterocycles. The fourth-order valence-electron chi connectivity index (χ4n) is 3.78. The van der Waals surface area contributed by atoms with Crippen LogP contribution in [0.25, 0.3) is 0 Å². The number of benzene rings is 1. The monoisotopic (exact) mass is 390 g/mol. The molecule has 7 heteroatoms. The summed E-state index contributed by atoms with van der Waals surface area (Å²) in [6.07, 6.45) is 10.5. The van der Waals surface area contributed by atoms with Gasteiger partial charge in [0.15, 0.2) is 0 Å². The summed E-state index contributed by atoms with van der Waals surface area (Å²) in [6, 6.07) is 10.6. The van der Waals surface area contributed by atoms with Crippen molar-refractivity contribution in [2.24, 2.45) is 0 Å². The van der Waals surface area contributed by atoms with Gasteiger partial charge in [-0.05, 0) is 31.2 Å². The highest BCUT2D eigenvalue weighted by Crippen LogP contribution is 2.17. The first-order chi connectivity index (χ1) is 14.3. The summed E-state index contributed by atoms with van der Waals surface area (Å²) in [5, 5.41) is 12.0. The van der Waals surface area contributed by atoms with Crippen LogP contribution >= 0.6 is 0 Å². The molecule has 150 valence electrons. The molecule has 0 radical (unpaired) electrons. The van der Waals surface area contributed by atoms with E-state index in [0.29, 0.717) is 12.8 Å². The average molecular weight is 390 g/mol. The quantitative estimate of drug-likeness (QED) is 0.669. The van der Waals surface area contributed by atoms with Crippen molar-refractivity contribution in [1.82, 2.24) is 30.0 Å². The maximum Gasteiger partial charge on any atom is 0.220 e. The van der Waals surface area contributed by atoms with Crippen molar-refractivity contribution in [3.63, 3.8) is 0 Å². The molecule has 1 unspecified atom stereocenters. The third kappa shape index (κ3) is 5.25. The second kappa shape index (κ2) is 9.41. The minimum atomic E-state index is 0.0719. The highest BCUT2D eigenvalue weighted by Gasteiger charge is 2.21. The summed E-state index contributed by atoms with van der Waals surface area (Å²) >= 11 is 0. The number of fused-ring (bicyclic) bond motifs is 1. The van der Waals surface area contributed by atoms with Gasteiger partial charge in [0, 0.05) is 50.4 Å². The van der Waals surface area contributed by atoms with Crippen molar-refractivity contribution < 1.29 is 4.79 Å². The molecular weight excluding hydrogens is 364 g/mol. The first-order valence-corrected chi connectivity index (χ1v) is 10.3. The summed E-state index contributed by atoms with van der Waals surface area (Å²) in [4.78, 5) is 20.6. The van der Waals surface area contributed by atoms with E-state index in [0.717, 1.165) is 56.0 Å². The Kier molecular flexibility index (Phi) is 6.24. The van der Waals surface area contributed by atoms with Crippen molar-refractivity contribution in [3.05, 3.63) is 71.8 Å². The van der Waals surface area contributed by atoms with Gasteiger partial charge in [0.1, 0.15) is 11.6 Å². The lowest BCUT2D eigenvalue weighted by Crippen LogP contribution is -2.35. The molecule has 0 fully saturated rings. The topological polar surface area (TPSA) is 85.6 Å². The average Bonchev–Trinajstić information content (AvgIpc) is 3.05. The molecule has 1 aromatic carbocycles. The molecule has 1 aliphatic rings. The molecule has 4 rings (SSSR count). The number of amides is 1. The maximum absolute atomic E-state index is 12.3. The lowest BCUT2D eigenvalue weighted by atomic mass is 10.1. The van der Waals surface area contributed by atoms with Crippen LogP contribution in [0.4, 0.5) is 0 Å². The molecule has 3 aromatic rings. The number of aryl methyl sites for hydroxylation is 4. The number of carbonyl (C=O) groups is 1. The largest absolute Gasteiger partial charge is 0.353 e. The van der Waals surface area contributed by atoms with Gasteiger partial charge in [0.2, 0.25) is 5.91 Å². The first kappa shape index (κ1) is 19.2. The highest BCUT2D eigenvalue weighted by molar-refractivity contribution is 5.76. The standard InChI is InChI=1S/C22H26N6O/c29-22(11-8-19-16-23-13-14-24-19)25-18-7-10-21-27-26-20(28(21)15-12-18)9-6-17-4-2-1-3-5-17/h1-5,13-14,16,18H,6-12,15H2,(H,25,29). The van der Waals surface area contributed by atoms with Crippen molar-refractivity contribution >= 4 is 5.91 Å². The second-order valence-corrected chi connectivity index (χ2v) is 7.46.